The lowest BCUT2D eigenvalue weighted by molar-refractivity contribution is 0.485. The van der Waals surface area contributed by atoms with Crippen LogP contribution < -0.4 is 20.3 Å². The Balaban J connectivity index is 0.992. The molecule has 0 radical (unpaired) electrons. The standard InChI is InChI=1S/C50H41N3O/c1-3-16-41(17-4-1)53(43-32-33-46-38(35-43)27-26-36-14-7-8-21-45(36)46)42-18-13-15-37(34-42)47-22-9-10-23-48(47)51-39-28-30-40(31-29-39)52-49-24-11-12-25-50(49)54-44-19-5-2-6-20-44/h1-8,10-16,18-21,23-35,41,51-52H,9,17,22H2. The van der Waals surface area contributed by atoms with Gasteiger partial charge in [-0.3, -0.25) is 0 Å². The molecule has 0 spiro atoms. The van der Waals surface area contributed by atoms with Crippen molar-refractivity contribution in [3.8, 4) is 11.5 Å². The number of ether oxygens (including phenoxy) is 1. The van der Waals surface area contributed by atoms with E-state index in [4.69, 9.17) is 4.74 Å². The fourth-order valence-corrected chi connectivity index (χ4v) is 7.59. The first-order chi connectivity index (χ1) is 26.7. The average molecular weight is 700 g/mol. The third kappa shape index (κ3) is 7.02. The molecule has 0 amide bonds. The van der Waals surface area contributed by atoms with Gasteiger partial charge >= 0.3 is 0 Å². The number of hydrogen-bond acceptors (Lipinski definition) is 4. The van der Waals surface area contributed by atoms with Gasteiger partial charge < -0.3 is 20.3 Å². The number of benzene rings is 7. The SMILES string of the molecule is C1=CCC(N(c2cccc(C3=C(Nc4ccc(Nc5ccccc5Oc5ccccc5)cc4)C=CCC3)c2)c2ccc3c(ccc4ccccc43)c2)C=C1. The summed E-state index contributed by atoms with van der Waals surface area (Å²) in [5.74, 6) is 1.58. The van der Waals surface area contributed by atoms with E-state index in [0.29, 0.717) is 0 Å². The number of hydrogen-bond donors (Lipinski definition) is 2. The van der Waals surface area contributed by atoms with Gasteiger partial charge in [0.25, 0.3) is 0 Å². The highest BCUT2D eigenvalue weighted by Crippen LogP contribution is 2.38. The summed E-state index contributed by atoms with van der Waals surface area (Å²) >= 11 is 0. The topological polar surface area (TPSA) is 36.5 Å². The van der Waals surface area contributed by atoms with Crippen LogP contribution in [-0.4, -0.2) is 6.04 Å². The van der Waals surface area contributed by atoms with Crippen LogP contribution in [0.3, 0.4) is 0 Å². The summed E-state index contributed by atoms with van der Waals surface area (Å²) in [6.45, 7) is 0. The molecule has 0 saturated heterocycles. The van der Waals surface area contributed by atoms with Crippen molar-refractivity contribution in [1.29, 1.82) is 0 Å². The third-order valence-electron chi connectivity index (χ3n) is 10.2. The number of fused-ring (bicyclic) bond motifs is 3. The van der Waals surface area contributed by atoms with E-state index in [9.17, 15) is 0 Å². The second-order valence-electron chi connectivity index (χ2n) is 13.8. The molecular weight excluding hydrogens is 659 g/mol. The van der Waals surface area contributed by atoms with Gasteiger partial charge in [-0.05, 0) is 131 Å². The van der Waals surface area contributed by atoms with E-state index in [1.807, 2.05) is 54.6 Å². The minimum atomic E-state index is 0.213. The molecule has 7 aromatic rings. The lowest BCUT2D eigenvalue weighted by Gasteiger charge is -2.33. The van der Waals surface area contributed by atoms with Gasteiger partial charge in [-0.2, -0.15) is 0 Å². The van der Waals surface area contributed by atoms with Gasteiger partial charge in [0.2, 0.25) is 0 Å². The van der Waals surface area contributed by atoms with Gasteiger partial charge in [-0.1, -0.05) is 115 Å². The number of rotatable bonds is 10. The molecule has 54 heavy (non-hydrogen) atoms. The molecular formula is C50H41N3O. The van der Waals surface area contributed by atoms with E-state index >= 15 is 0 Å². The van der Waals surface area contributed by atoms with Crippen LogP contribution in [0.1, 0.15) is 24.8 Å². The highest BCUT2D eigenvalue weighted by atomic mass is 16.5. The monoisotopic (exact) mass is 699 g/mol. The normalized spacial score (nSPS) is 15.1. The number of allylic oxidation sites excluding steroid dienone is 5. The van der Waals surface area contributed by atoms with Gasteiger partial charge in [-0.15, -0.1) is 0 Å². The zero-order valence-electron chi connectivity index (χ0n) is 30.0. The van der Waals surface area contributed by atoms with Crippen LogP contribution >= 0.6 is 0 Å². The molecule has 0 bridgehead atoms. The molecule has 1 atom stereocenters. The van der Waals surface area contributed by atoms with Crippen LogP contribution in [0.25, 0.3) is 27.1 Å². The van der Waals surface area contributed by atoms with Gasteiger partial charge in [0.05, 0.1) is 11.7 Å². The first-order valence-electron chi connectivity index (χ1n) is 18.8. The maximum Gasteiger partial charge on any atom is 0.150 e. The fourth-order valence-electron chi connectivity index (χ4n) is 7.59. The first-order valence-corrected chi connectivity index (χ1v) is 18.8. The van der Waals surface area contributed by atoms with Crippen molar-refractivity contribution >= 4 is 55.6 Å². The quantitative estimate of drug-likeness (QED) is 0.139. The van der Waals surface area contributed by atoms with Crippen LogP contribution in [0.5, 0.6) is 11.5 Å². The summed E-state index contributed by atoms with van der Waals surface area (Å²) in [4.78, 5) is 2.50. The molecule has 4 heteroatoms. The summed E-state index contributed by atoms with van der Waals surface area (Å²) in [7, 11) is 0. The predicted octanol–water partition coefficient (Wildman–Crippen LogP) is 13.7. The summed E-state index contributed by atoms with van der Waals surface area (Å²) in [6, 6.07) is 55.7. The maximum atomic E-state index is 6.18. The number of anilines is 5. The van der Waals surface area contributed by atoms with Crippen molar-refractivity contribution in [3.63, 3.8) is 0 Å². The van der Waals surface area contributed by atoms with E-state index in [1.165, 1.54) is 44.1 Å². The van der Waals surface area contributed by atoms with Crippen LogP contribution in [0.4, 0.5) is 28.4 Å². The van der Waals surface area contributed by atoms with Crippen molar-refractivity contribution in [2.45, 2.75) is 25.3 Å². The molecule has 2 N–H and O–H groups in total. The molecule has 1 unspecified atom stereocenters. The van der Waals surface area contributed by atoms with Gasteiger partial charge in [0.1, 0.15) is 5.75 Å². The number of nitrogens with zero attached hydrogens (tertiary/aromatic N) is 1. The largest absolute Gasteiger partial charge is 0.455 e. The summed E-state index contributed by atoms with van der Waals surface area (Å²) in [6.07, 6.45) is 16.3. The highest BCUT2D eigenvalue weighted by molar-refractivity contribution is 6.08. The Hall–Kier alpha value is -6.78. The van der Waals surface area contributed by atoms with Crippen molar-refractivity contribution in [3.05, 3.63) is 205 Å². The zero-order chi connectivity index (χ0) is 36.1. The summed E-state index contributed by atoms with van der Waals surface area (Å²) < 4.78 is 6.18. The van der Waals surface area contributed by atoms with Crippen molar-refractivity contribution in [1.82, 2.24) is 0 Å². The molecule has 0 fully saturated rings. The molecule has 262 valence electrons. The predicted molar refractivity (Wildman–Crippen MR) is 228 cm³/mol. The maximum absolute atomic E-state index is 6.18. The Morgan fingerprint density at radius 3 is 2.20 bits per heavy atom. The van der Waals surface area contributed by atoms with Gasteiger partial charge in [0, 0.05) is 28.4 Å². The molecule has 9 rings (SSSR count). The van der Waals surface area contributed by atoms with Crippen LogP contribution in [0.15, 0.2) is 200 Å². The van der Waals surface area contributed by atoms with Crippen LogP contribution in [-0.2, 0) is 0 Å². The Bertz CT molecular complexity index is 2560. The van der Waals surface area contributed by atoms with Crippen LogP contribution in [0, 0.1) is 0 Å². The van der Waals surface area contributed by atoms with E-state index in [2.05, 4.69) is 155 Å². The van der Waals surface area contributed by atoms with Crippen molar-refractivity contribution in [2.75, 3.05) is 15.5 Å². The summed E-state index contributed by atoms with van der Waals surface area (Å²) in [5.41, 5.74) is 8.99. The fraction of sp³-hybridized carbons (Fsp3) is 0.0800. The van der Waals surface area contributed by atoms with Gasteiger partial charge in [0.15, 0.2) is 5.75 Å². The van der Waals surface area contributed by atoms with E-state index in [-0.39, 0.29) is 6.04 Å². The summed E-state index contributed by atoms with van der Waals surface area (Å²) in [5, 5.41) is 12.4. The Labute approximate surface area is 317 Å². The highest BCUT2D eigenvalue weighted by Gasteiger charge is 2.21. The second-order valence-corrected chi connectivity index (χ2v) is 13.8. The molecule has 7 aromatic carbocycles. The average Bonchev–Trinajstić information content (AvgIpc) is 3.23. The first kappa shape index (κ1) is 33.1. The third-order valence-corrected chi connectivity index (χ3v) is 10.2. The Morgan fingerprint density at radius 2 is 1.33 bits per heavy atom. The smallest absolute Gasteiger partial charge is 0.150 e. The van der Waals surface area contributed by atoms with Crippen molar-refractivity contribution < 1.29 is 4.74 Å². The Kier molecular flexibility index (Phi) is 9.23. The van der Waals surface area contributed by atoms with Crippen molar-refractivity contribution in [2.24, 2.45) is 0 Å². The van der Waals surface area contributed by atoms with E-state index in [1.54, 1.807) is 0 Å². The number of para-hydroxylation sites is 3. The van der Waals surface area contributed by atoms with E-state index < -0.39 is 0 Å². The molecule has 0 heterocycles. The zero-order valence-corrected chi connectivity index (χ0v) is 30.0. The molecule has 4 nitrogen and oxygen atoms in total. The Morgan fingerprint density at radius 1 is 0.574 bits per heavy atom. The van der Waals surface area contributed by atoms with Gasteiger partial charge in [-0.25, -0.2) is 0 Å². The minimum absolute atomic E-state index is 0.213. The lowest BCUT2D eigenvalue weighted by atomic mass is 9.93. The van der Waals surface area contributed by atoms with E-state index in [0.717, 1.165) is 53.5 Å². The van der Waals surface area contributed by atoms with Crippen LogP contribution in [0.2, 0.25) is 0 Å². The molecule has 0 saturated carbocycles. The lowest BCUT2D eigenvalue weighted by Crippen LogP contribution is -2.29. The molecule has 0 aliphatic heterocycles. The second kappa shape index (κ2) is 15.1. The molecule has 2 aliphatic rings. The molecule has 2 aliphatic carbocycles. The number of nitrogens with one attached hydrogen (secondary N) is 2. The molecule has 0 aromatic heterocycles. The minimum Gasteiger partial charge on any atom is -0.455 e.